The van der Waals surface area contributed by atoms with Crippen molar-refractivity contribution in [3.63, 3.8) is 0 Å². The van der Waals surface area contributed by atoms with Gasteiger partial charge in [0.25, 0.3) is 0 Å². The lowest BCUT2D eigenvalue weighted by Crippen LogP contribution is -2.36. The van der Waals surface area contributed by atoms with E-state index >= 15 is 0 Å². The summed E-state index contributed by atoms with van der Waals surface area (Å²) in [5.41, 5.74) is 1.04. The Labute approximate surface area is 196 Å². The third-order valence-corrected chi connectivity index (χ3v) is 8.36. The predicted molar refractivity (Wildman–Crippen MR) is 141 cm³/mol. The van der Waals surface area contributed by atoms with Crippen molar-refractivity contribution in [2.45, 2.75) is 12.5 Å². The highest BCUT2D eigenvalue weighted by molar-refractivity contribution is 7.80. The summed E-state index contributed by atoms with van der Waals surface area (Å²) < 4.78 is 14.6. The Morgan fingerprint density at radius 1 is 0.844 bits per heavy atom. The Kier molecular flexibility index (Phi) is 8.75. The highest BCUT2D eigenvalue weighted by Crippen LogP contribution is 2.42. The number of nitrogens with zero attached hydrogens (tertiary/aromatic N) is 1. The largest absolute Gasteiger partial charge is 0.359 e. The maximum absolute atomic E-state index is 14.6. The Morgan fingerprint density at radius 2 is 1.28 bits per heavy atom. The molecule has 0 heterocycles. The van der Waals surface area contributed by atoms with Gasteiger partial charge < -0.3 is 4.90 Å². The minimum Gasteiger partial charge on any atom is -0.359 e. The lowest BCUT2D eigenvalue weighted by Gasteiger charge is -2.30. The molecule has 3 aromatic carbocycles. The van der Waals surface area contributed by atoms with Crippen molar-refractivity contribution in [1.82, 2.24) is 9.99 Å². The SMILES string of the molecule is C=CCN(CC=C)C(=S)C[C@@H](NP(=O)(c1ccccc1)c1ccccc1)c1ccccc1. The van der Waals surface area contributed by atoms with Crippen molar-refractivity contribution < 1.29 is 4.57 Å². The van der Waals surface area contributed by atoms with Crippen molar-refractivity contribution in [1.29, 1.82) is 0 Å². The van der Waals surface area contributed by atoms with Gasteiger partial charge in [0, 0.05) is 36.2 Å². The Bertz CT molecular complexity index is 1020. The smallest absolute Gasteiger partial charge is 0.205 e. The van der Waals surface area contributed by atoms with E-state index in [0.29, 0.717) is 19.5 Å². The quantitative estimate of drug-likeness (QED) is 0.228. The Balaban J connectivity index is 2.02. The predicted octanol–water partition coefficient (Wildman–Crippen LogP) is 5.64. The first kappa shape index (κ1) is 23.9. The van der Waals surface area contributed by atoms with E-state index in [-0.39, 0.29) is 6.04 Å². The van der Waals surface area contributed by atoms with Crippen molar-refractivity contribution in [2.75, 3.05) is 13.1 Å². The summed E-state index contributed by atoms with van der Waals surface area (Å²) in [6.07, 6.45) is 4.20. The average molecular weight is 461 g/mol. The van der Waals surface area contributed by atoms with Crippen LogP contribution in [0.25, 0.3) is 0 Å². The van der Waals surface area contributed by atoms with Crippen molar-refractivity contribution >= 4 is 35.1 Å². The summed E-state index contributed by atoms with van der Waals surface area (Å²) in [5.74, 6) is 0. The monoisotopic (exact) mass is 460 g/mol. The van der Waals surface area contributed by atoms with Gasteiger partial charge >= 0.3 is 0 Å². The lowest BCUT2D eigenvalue weighted by molar-refractivity contribution is 0.496. The highest BCUT2D eigenvalue weighted by atomic mass is 32.1. The van der Waals surface area contributed by atoms with E-state index in [2.05, 4.69) is 23.1 Å². The molecule has 1 N–H and O–H groups in total. The van der Waals surface area contributed by atoms with Crippen LogP contribution in [-0.4, -0.2) is 23.0 Å². The molecule has 3 nitrogen and oxygen atoms in total. The summed E-state index contributed by atoms with van der Waals surface area (Å²) in [7, 11) is -3.13. The van der Waals surface area contributed by atoms with Crippen LogP contribution in [0.1, 0.15) is 18.0 Å². The van der Waals surface area contributed by atoms with Gasteiger partial charge in [-0.05, 0) is 29.8 Å². The lowest BCUT2D eigenvalue weighted by atomic mass is 10.0. The van der Waals surface area contributed by atoms with E-state index in [4.69, 9.17) is 12.2 Å². The van der Waals surface area contributed by atoms with Gasteiger partial charge in [-0.25, -0.2) is 0 Å². The molecule has 3 rings (SSSR count). The van der Waals surface area contributed by atoms with Gasteiger partial charge in [-0.1, -0.05) is 91.1 Å². The Morgan fingerprint density at radius 3 is 1.72 bits per heavy atom. The number of benzene rings is 3. The van der Waals surface area contributed by atoms with E-state index in [1.165, 1.54) is 0 Å². The molecule has 1 atom stereocenters. The molecule has 0 aromatic heterocycles. The number of hydrogen-bond donors (Lipinski definition) is 1. The summed E-state index contributed by atoms with van der Waals surface area (Å²) >= 11 is 5.81. The third kappa shape index (κ3) is 5.92. The summed E-state index contributed by atoms with van der Waals surface area (Å²) in [6, 6.07) is 29.1. The molecule has 3 aromatic rings. The van der Waals surface area contributed by atoms with Gasteiger partial charge in [-0.2, -0.15) is 0 Å². The summed E-state index contributed by atoms with van der Waals surface area (Å²) in [6.45, 7) is 8.97. The van der Waals surface area contributed by atoms with E-state index in [0.717, 1.165) is 21.2 Å². The molecular formula is C27H29N2OPS. The Hall–Kier alpha value is -2.78. The first-order valence-electron chi connectivity index (χ1n) is 10.6. The molecule has 0 aliphatic carbocycles. The van der Waals surface area contributed by atoms with Gasteiger partial charge in [0.15, 0.2) is 0 Å². The maximum Gasteiger partial charge on any atom is 0.205 e. The van der Waals surface area contributed by atoms with Crippen LogP contribution in [0.15, 0.2) is 116 Å². The molecule has 0 aliphatic rings. The van der Waals surface area contributed by atoms with Gasteiger partial charge in [0.1, 0.15) is 0 Å². The molecule has 0 unspecified atom stereocenters. The van der Waals surface area contributed by atoms with E-state index in [1.54, 1.807) is 0 Å². The summed E-state index contributed by atoms with van der Waals surface area (Å²) in [5, 5.41) is 5.08. The van der Waals surface area contributed by atoms with Gasteiger partial charge in [-0.3, -0.25) is 9.65 Å². The van der Waals surface area contributed by atoms with Crippen LogP contribution < -0.4 is 15.7 Å². The standard InChI is InChI=1S/C27H29N2OPS/c1-3-20-29(21-4-2)27(32)22-26(23-14-8-5-9-15-23)28-31(30,24-16-10-6-11-17-24)25-18-12-7-13-19-25/h3-19,26H,1-2,20-22H2,(H,28,30)/t26-/m1/s1. The van der Waals surface area contributed by atoms with E-state index < -0.39 is 7.29 Å². The van der Waals surface area contributed by atoms with Crippen LogP contribution in [0.4, 0.5) is 0 Å². The molecule has 0 aliphatic heterocycles. The second-order valence-electron chi connectivity index (χ2n) is 7.45. The zero-order chi connectivity index (χ0) is 22.8. The minimum atomic E-state index is -3.13. The van der Waals surface area contributed by atoms with Crippen molar-refractivity contribution in [3.05, 3.63) is 122 Å². The molecule has 0 spiro atoms. The van der Waals surface area contributed by atoms with Crippen LogP contribution in [0, 0.1) is 0 Å². The number of rotatable bonds is 11. The van der Waals surface area contributed by atoms with Crippen LogP contribution >= 0.6 is 19.5 Å². The van der Waals surface area contributed by atoms with Crippen molar-refractivity contribution in [2.24, 2.45) is 0 Å². The van der Waals surface area contributed by atoms with Gasteiger partial charge in [0.05, 0.1) is 4.99 Å². The van der Waals surface area contributed by atoms with Crippen LogP contribution in [0.2, 0.25) is 0 Å². The fraction of sp³-hybridized carbons (Fsp3) is 0.148. The molecular weight excluding hydrogens is 431 g/mol. The van der Waals surface area contributed by atoms with E-state index in [9.17, 15) is 4.57 Å². The third-order valence-electron chi connectivity index (χ3n) is 5.21. The maximum atomic E-state index is 14.6. The van der Waals surface area contributed by atoms with Crippen LogP contribution in [0.5, 0.6) is 0 Å². The zero-order valence-corrected chi connectivity index (χ0v) is 19.8. The topological polar surface area (TPSA) is 32.3 Å². The molecule has 0 bridgehead atoms. The molecule has 0 fully saturated rings. The normalized spacial score (nSPS) is 12.0. The summed E-state index contributed by atoms with van der Waals surface area (Å²) in [4.78, 5) is 2.84. The minimum absolute atomic E-state index is 0.230. The number of thiocarbonyl (C=S) groups is 1. The molecule has 0 saturated heterocycles. The van der Waals surface area contributed by atoms with Crippen LogP contribution in [0.3, 0.4) is 0 Å². The van der Waals surface area contributed by atoms with Gasteiger partial charge in [0.2, 0.25) is 7.29 Å². The molecule has 5 heteroatoms. The molecule has 0 radical (unpaired) electrons. The molecule has 32 heavy (non-hydrogen) atoms. The second-order valence-corrected chi connectivity index (χ2v) is 10.4. The number of hydrogen-bond acceptors (Lipinski definition) is 2. The molecule has 0 amide bonds. The van der Waals surface area contributed by atoms with E-state index in [1.807, 2.05) is 103 Å². The fourth-order valence-corrected chi connectivity index (χ4v) is 6.39. The average Bonchev–Trinajstić information content (AvgIpc) is 2.85. The van der Waals surface area contributed by atoms with Crippen LogP contribution in [-0.2, 0) is 4.57 Å². The molecule has 0 saturated carbocycles. The zero-order valence-electron chi connectivity index (χ0n) is 18.1. The van der Waals surface area contributed by atoms with Crippen molar-refractivity contribution in [3.8, 4) is 0 Å². The first-order valence-corrected chi connectivity index (χ1v) is 12.7. The molecule has 164 valence electrons. The first-order chi connectivity index (χ1) is 15.6. The fourth-order valence-electron chi connectivity index (χ4n) is 3.61. The number of nitrogens with one attached hydrogen (secondary N) is 1. The second kappa shape index (κ2) is 11.7. The highest BCUT2D eigenvalue weighted by Gasteiger charge is 2.31. The van der Waals surface area contributed by atoms with Gasteiger partial charge in [-0.15, -0.1) is 13.2 Å².